The molecule has 0 N–H and O–H groups in total. The van der Waals surface area contributed by atoms with E-state index in [0.717, 1.165) is 0 Å². The Balaban J connectivity index is 1.92. The highest BCUT2D eigenvalue weighted by molar-refractivity contribution is 5.68. The fraction of sp³-hybridized carbons (Fsp3) is 0.562. The monoisotopic (exact) mass is 331 g/mol. The van der Waals surface area contributed by atoms with Crippen molar-refractivity contribution in [3.63, 3.8) is 0 Å². The van der Waals surface area contributed by atoms with Crippen molar-refractivity contribution in [1.82, 2.24) is 4.90 Å². The topological polar surface area (TPSA) is 38.8 Å². The van der Waals surface area contributed by atoms with Crippen LogP contribution in [-0.2, 0) is 4.74 Å². The summed E-state index contributed by atoms with van der Waals surface area (Å²) < 4.78 is 50.6. The molecule has 128 valence electrons. The van der Waals surface area contributed by atoms with Crippen molar-refractivity contribution in [2.45, 2.75) is 45.3 Å². The van der Waals surface area contributed by atoms with Gasteiger partial charge in [0.1, 0.15) is 17.5 Å². The zero-order valence-corrected chi connectivity index (χ0v) is 13.4. The van der Waals surface area contributed by atoms with Gasteiger partial charge in [-0.2, -0.15) is 0 Å². The van der Waals surface area contributed by atoms with Crippen LogP contribution in [0.5, 0.6) is 5.75 Å². The van der Waals surface area contributed by atoms with E-state index in [4.69, 9.17) is 9.47 Å². The third kappa shape index (κ3) is 4.77. The third-order valence-corrected chi connectivity index (χ3v) is 3.34. The van der Waals surface area contributed by atoms with Gasteiger partial charge in [-0.1, -0.05) is 0 Å². The molecule has 1 aromatic carbocycles. The maximum atomic E-state index is 13.6. The van der Waals surface area contributed by atoms with Crippen molar-refractivity contribution in [3.05, 3.63) is 29.6 Å². The van der Waals surface area contributed by atoms with E-state index >= 15 is 0 Å². The number of rotatable bonds is 2. The van der Waals surface area contributed by atoms with Crippen LogP contribution >= 0.6 is 0 Å². The number of hydrogen-bond donors (Lipinski definition) is 0. The van der Waals surface area contributed by atoms with Crippen molar-refractivity contribution in [1.29, 1.82) is 0 Å². The molecule has 1 saturated heterocycles. The van der Waals surface area contributed by atoms with Gasteiger partial charge in [0.05, 0.1) is 0 Å². The summed E-state index contributed by atoms with van der Waals surface area (Å²) in [5.41, 5.74) is -0.579. The van der Waals surface area contributed by atoms with E-state index in [1.165, 1.54) is 4.90 Å². The normalized spacial score (nSPS) is 16.3. The second-order valence-electron chi connectivity index (χ2n) is 6.48. The first-order valence-corrected chi connectivity index (χ1v) is 7.45. The van der Waals surface area contributed by atoms with E-state index in [1.54, 1.807) is 20.8 Å². The minimum absolute atomic E-state index is 0.365. The Hall–Kier alpha value is -1.92. The number of carbonyl (C=O) groups is 1. The molecule has 4 nitrogen and oxygen atoms in total. The molecule has 0 saturated carbocycles. The number of halogens is 3. The van der Waals surface area contributed by atoms with Crippen LogP contribution in [0, 0.1) is 17.5 Å². The molecule has 1 aliphatic heterocycles. The summed E-state index contributed by atoms with van der Waals surface area (Å²) in [6, 6.07) is 1.16. The van der Waals surface area contributed by atoms with Crippen LogP contribution in [0.2, 0.25) is 0 Å². The van der Waals surface area contributed by atoms with Crippen LogP contribution < -0.4 is 4.74 Å². The van der Waals surface area contributed by atoms with Crippen LogP contribution in [0.25, 0.3) is 0 Å². The quantitative estimate of drug-likeness (QED) is 0.825. The Morgan fingerprint density at radius 1 is 1.13 bits per heavy atom. The highest BCUT2D eigenvalue weighted by Crippen LogP contribution is 2.26. The van der Waals surface area contributed by atoms with Gasteiger partial charge in [0.15, 0.2) is 17.4 Å². The fourth-order valence-electron chi connectivity index (χ4n) is 2.29. The van der Waals surface area contributed by atoms with E-state index < -0.39 is 41.0 Å². The second-order valence-corrected chi connectivity index (χ2v) is 6.48. The Kier molecular flexibility index (Phi) is 5.06. The molecule has 0 bridgehead atoms. The molecule has 0 aliphatic carbocycles. The summed E-state index contributed by atoms with van der Waals surface area (Å²) in [7, 11) is 0. The minimum atomic E-state index is -1.07. The lowest BCUT2D eigenvalue weighted by atomic mass is 10.1. The van der Waals surface area contributed by atoms with Gasteiger partial charge in [0.2, 0.25) is 0 Å². The lowest BCUT2D eigenvalue weighted by Gasteiger charge is -2.33. The van der Waals surface area contributed by atoms with E-state index in [-0.39, 0.29) is 0 Å². The fourth-order valence-corrected chi connectivity index (χ4v) is 2.29. The van der Waals surface area contributed by atoms with Gasteiger partial charge >= 0.3 is 6.09 Å². The lowest BCUT2D eigenvalue weighted by molar-refractivity contribution is 0.0119. The van der Waals surface area contributed by atoms with Gasteiger partial charge in [-0.15, -0.1) is 0 Å². The smallest absolute Gasteiger partial charge is 0.410 e. The minimum Gasteiger partial charge on any atom is -0.484 e. The molecule has 0 radical (unpaired) electrons. The Morgan fingerprint density at radius 3 is 2.13 bits per heavy atom. The number of amides is 1. The van der Waals surface area contributed by atoms with E-state index in [9.17, 15) is 18.0 Å². The first-order chi connectivity index (χ1) is 10.7. The first kappa shape index (κ1) is 17.4. The van der Waals surface area contributed by atoms with Crippen molar-refractivity contribution >= 4 is 6.09 Å². The molecule has 1 heterocycles. The van der Waals surface area contributed by atoms with E-state index in [2.05, 4.69) is 0 Å². The Bertz CT molecular complexity index is 555. The van der Waals surface area contributed by atoms with Crippen molar-refractivity contribution in [3.8, 4) is 5.75 Å². The first-order valence-electron chi connectivity index (χ1n) is 7.45. The van der Waals surface area contributed by atoms with Gasteiger partial charge in [0.25, 0.3) is 0 Å². The molecule has 0 unspecified atom stereocenters. The molecule has 0 atom stereocenters. The number of hydrogen-bond acceptors (Lipinski definition) is 3. The van der Waals surface area contributed by atoms with Crippen LogP contribution in [0.1, 0.15) is 33.6 Å². The number of benzene rings is 1. The Labute approximate surface area is 133 Å². The van der Waals surface area contributed by atoms with Crippen molar-refractivity contribution in [2.75, 3.05) is 13.1 Å². The molecule has 7 heteroatoms. The third-order valence-electron chi connectivity index (χ3n) is 3.34. The predicted molar refractivity (Wildman–Crippen MR) is 77.8 cm³/mol. The Morgan fingerprint density at radius 2 is 1.65 bits per heavy atom. The maximum Gasteiger partial charge on any atom is 0.410 e. The molecule has 1 aliphatic rings. The van der Waals surface area contributed by atoms with E-state index in [0.29, 0.717) is 38.1 Å². The number of nitrogens with zero attached hydrogens (tertiary/aromatic N) is 1. The van der Waals surface area contributed by atoms with E-state index in [1.807, 2.05) is 0 Å². The largest absolute Gasteiger partial charge is 0.484 e. The molecule has 1 aromatic rings. The second kappa shape index (κ2) is 6.68. The number of likely N-dealkylation sites (tertiary alicyclic amines) is 1. The van der Waals surface area contributed by atoms with Crippen LogP contribution in [-0.4, -0.2) is 35.8 Å². The highest BCUT2D eigenvalue weighted by Gasteiger charge is 2.28. The number of ether oxygens (including phenoxy) is 2. The number of piperidine rings is 1. The molecule has 23 heavy (non-hydrogen) atoms. The van der Waals surface area contributed by atoms with Crippen LogP contribution in [0.15, 0.2) is 12.1 Å². The standard InChI is InChI=1S/C16H20F3NO3/c1-16(2,3)23-15(21)20-6-4-11(5-7-20)22-14-12(18)8-10(17)9-13(14)19/h8-9,11H,4-7H2,1-3H3. The molecule has 1 fully saturated rings. The van der Waals surface area contributed by atoms with Crippen molar-refractivity contribution in [2.24, 2.45) is 0 Å². The molecule has 1 amide bonds. The summed E-state index contributed by atoms with van der Waals surface area (Å²) in [6.45, 7) is 6.07. The van der Waals surface area contributed by atoms with Crippen molar-refractivity contribution < 1.29 is 27.4 Å². The van der Waals surface area contributed by atoms with Gasteiger partial charge in [-0.3, -0.25) is 0 Å². The zero-order chi connectivity index (χ0) is 17.2. The molecular formula is C16H20F3NO3. The van der Waals surface area contributed by atoms with Crippen LogP contribution in [0.3, 0.4) is 0 Å². The molecule has 2 rings (SSSR count). The number of carbonyl (C=O) groups excluding carboxylic acids is 1. The highest BCUT2D eigenvalue weighted by atomic mass is 19.1. The van der Waals surface area contributed by atoms with Gasteiger partial charge in [-0.25, -0.2) is 18.0 Å². The average molecular weight is 331 g/mol. The summed E-state index contributed by atoms with van der Waals surface area (Å²) in [4.78, 5) is 13.5. The van der Waals surface area contributed by atoms with Gasteiger partial charge < -0.3 is 14.4 Å². The van der Waals surface area contributed by atoms with Gasteiger partial charge in [-0.05, 0) is 20.8 Å². The SMILES string of the molecule is CC(C)(C)OC(=O)N1CCC(Oc2c(F)cc(F)cc2F)CC1. The summed E-state index contributed by atoms with van der Waals surface area (Å²) >= 11 is 0. The summed E-state index contributed by atoms with van der Waals surface area (Å²) in [5.74, 6) is -3.72. The summed E-state index contributed by atoms with van der Waals surface area (Å²) in [6.07, 6.45) is -0.0383. The van der Waals surface area contributed by atoms with Crippen LogP contribution in [0.4, 0.5) is 18.0 Å². The average Bonchev–Trinajstić information content (AvgIpc) is 2.41. The molecular weight excluding hydrogens is 311 g/mol. The lowest BCUT2D eigenvalue weighted by Crippen LogP contribution is -2.44. The predicted octanol–water partition coefficient (Wildman–Crippen LogP) is 3.88. The maximum absolute atomic E-state index is 13.6. The zero-order valence-electron chi connectivity index (χ0n) is 13.4. The molecule has 0 aromatic heterocycles. The molecule has 0 spiro atoms. The summed E-state index contributed by atoms with van der Waals surface area (Å²) in [5, 5.41) is 0. The van der Waals surface area contributed by atoms with Gasteiger partial charge in [0, 0.05) is 38.1 Å².